The topological polar surface area (TPSA) is 63.5 Å². The summed E-state index contributed by atoms with van der Waals surface area (Å²) in [5, 5.41) is 5.38. The van der Waals surface area contributed by atoms with E-state index in [0.717, 1.165) is 0 Å². The molecule has 0 fully saturated rings. The summed E-state index contributed by atoms with van der Waals surface area (Å²) in [7, 11) is 0. The third-order valence-electron chi connectivity index (χ3n) is 2.69. The number of benzene rings is 1. The number of ether oxygens (including phenoxy) is 1. The van der Waals surface area contributed by atoms with Crippen LogP contribution in [0.4, 0.5) is 9.18 Å². The number of carbonyl (C=O) groups excluding carboxylic acids is 1. The molecule has 2 N–H and O–H groups in total. The SMILES string of the molecule is O=C(NCCCOc1ccc(F)cc1)NCc1ccco1. The minimum absolute atomic E-state index is 0.256. The van der Waals surface area contributed by atoms with Gasteiger partial charge in [-0.3, -0.25) is 0 Å². The molecule has 0 spiro atoms. The van der Waals surface area contributed by atoms with Crippen molar-refractivity contribution in [2.24, 2.45) is 0 Å². The minimum Gasteiger partial charge on any atom is -0.494 e. The van der Waals surface area contributed by atoms with Gasteiger partial charge in [0, 0.05) is 6.54 Å². The maximum absolute atomic E-state index is 12.7. The summed E-state index contributed by atoms with van der Waals surface area (Å²) in [5.74, 6) is 1.01. The molecule has 0 saturated heterocycles. The van der Waals surface area contributed by atoms with E-state index in [2.05, 4.69) is 10.6 Å². The van der Waals surface area contributed by atoms with Crippen LogP contribution < -0.4 is 15.4 Å². The smallest absolute Gasteiger partial charge is 0.315 e. The molecule has 21 heavy (non-hydrogen) atoms. The number of furan rings is 1. The molecule has 0 aliphatic rings. The Balaban J connectivity index is 1.53. The maximum atomic E-state index is 12.7. The van der Waals surface area contributed by atoms with E-state index in [1.165, 1.54) is 12.1 Å². The molecule has 1 aromatic carbocycles. The molecule has 5 nitrogen and oxygen atoms in total. The van der Waals surface area contributed by atoms with Crippen LogP contribution >= 0.6 is 0 Å². The number of halogens is 1. The predicted molar refractivity (Wildman–Crippen MR) is 75.5 cm³/mol. The number of rotatable bonds is 7. The molecule has 0 bridgehead atoms. The van der Waals surface area contributed by atoms with Crippen LogP contribution in [0.3, 0.4) is 0 Å². The highest BCUT2D eigenvalue weighted by atomic mass is 19.1. The van der Waals surface area contributed by atoms with Crippen molar-refractivity contribution >= 4 is 6.03 Å². The Kier molecular flexibility index (Phi) is 5.63. The zero-order valence-electron chi connectivity index (χ0n) is 11.5. The molecule has 2 rings (SSSR count). The first-order chi connectivity index (χ1) is 10.2. The van der Waals surface area contributed by atoms with Crippen molar-refractivity contribution in [1.82, 2.24) is 10.6 Å². The van der Waals surface area contributed by atoms with Gasteiger partial charge in [-0.2, -0.15) is 0 Å². The predicted octanol–water partition coefficient (Wildman–Crippen LogP) is 2.69. The fraction of sp³-hybridized carbons (Fsp3) is 0.267. The average molecular weight is 292 g/mol. The van der Waals surface area contributed by atoms with Crippen molar-refractivity contribution in [3.63, 3.8) is 0 Å². The van der Waals surface area contributed by atoms with Gasteiger partial charge in [0.25, 0.3) is 0 Å². The molecular formula is C15H17FN2O3. The largest absolute Gasteiger partial charge is 0.494 e. The molecule has 0 unspecified atom stereocenters. The van der Waals surface area contributed by atoms with Gasteiger partial charge in [-0.25, -0.2) is 9.18 Å². The van der Waals surface area contributed by atoms with Crippen LogP contribution in [0.25, 0.3) is 0 Å². The number of hydrogen-bond acceptors (Lipinski definition) is 3. The Morgan fingerprint density at radius 2 is 2.00 bits per heavy atom. The van der Waals surface area contributed by atoms with Gasteiger partial charge in [0.1, 0.15) is 17.3 Å². The van der Waals surface area contributed by atoms with Gasteiger partial charge in [0.15, 0.2) is 0 Å². The molecule has 112 valence electrons. The molecule has 2 amide bonds. The first kappa shape index (κ1) is 14.9. The van der Waals surface area contributed by atoms with Gasteiger partial charge < -0.3 is 19.8 Å². The lowest BCUT2D eigenvalue weighted by Gasteiger charge is -2.08. The molecule has 0 atom stereocenters. The van der Waals surface area contributed by atoms with E-state index < -0.39 is 0 Å². The van der Waals surface area contributed by atoms with E-state index in [-0.39, 0.29) is 11.8 Å². The second-order valence-electron chi connectivity index (χ2n) is 4.34. The van der Waals surface area contributed by atoms with Crippen LogP contribution in [0.1, 0.15) is 12.2 Å². The Bertz CT molecular complexity index is 541. The lowest BCUT2D eigenvalue weighted by Crippen LogP contribution is -2.35. The highest BCUT2D eigenvalue weighted by Gasteiger charge is 2.01. The van der Waals surface area contributed by atoms with E-state index in [1.54, 1.807) is 30.5 Å². The number of hydrogen-bond donors (Lipinski definition) is 2. The van der Waals surface area contributed by atoms with Crippen LogP contribution in [-0.4, -0.2) is 19.2 Å². The second-order valence-corrected chi connectivity index (χ2v) is 4.34. The first-order valence-electron chi connectivity index (χ1n) is 6.66. The summed E-state index contributed by atoms with van der Waals surface area (Å²) in [6.45, 7) is 1.29. The minimum atomic E-state index is -0.294. The van der Waals surface area contributed by atoms with Crippen LogP contribution in [0.15, 0.2) is 47.1 Å². The van der Waals surface area contributed by atoms with Gasteiger partial charge in [0.2, 0.25) is 0 Å². The number of urea groups is 1. The van der Waals surface area contributed by atoms with Crippen molar-refractivity contribution in [3.05, 3.63) is 54.2 Å². The van der Waals surface area contributed by atoms with Gasteiger partial charge in [0.05, 0.1) is 19.4 Å². The van der Waals surface area contributed by atoms with Crippen molar-refractivity contribution in [3.8, 4) is 5.75 Å². The Labute approximate surface area is 122 Å². The van der Waals surface area contributed by atoms with E-state index in [1.807, 2.05) is 0 Å². The third kappa shape index (κ3) is 5.56. The zero-order chi connectivity index (χ0) is 14.9. The zero-order valence-corrected chi connectivity index (χ0v) is 11.5. The number of carbonyl (C=O) groups is 1. The fourth-order valence-electron chi connectivity index (χ4n) is 1.64. The normalized spacial score (nSPS) is 10.1. The maximum Gasteiger partial charge on any atom is 0.315 e. The number of nitrogens with one attached hydrogen (secondary N) is 2. The molecule has 6 heteroatoms. The summed E-state index contributed by atoms with van der Waals surface area (Å²) >= 11 is 0. The van der Waals surface area contributed by atoms with Gasteiger partial charge in [-0.05, 0) is 42.8 Å². The summed E-state index contributed by atoms with van der Waals surface area (Å²) in [6.07, 6.45) is 2.22. The third-order valence-corrected chi connectivity index (χ3v) is 2.69. The summed E-state index contributed by atoms with van der Waals surface area (Å²) in [4.78, 5) is 11.5. The molecule has 0 aliphatic carbocycles. The van der Waals surface area contributed by atoms with E-state index >= 15 is 0 Å². The van der Waals surface area contributed by atoms with Crippen LogP contribution in [0.5, 0.6) is 5.75 Å². The Morgan fingerprint density at radius 1 is 1.19 bits per heavy atom. The Morgan fingerprint density at radius 3 is 2.71 bits per heavy atom. The van der Waals surface area contributed by atoms with E-state index in [0.29, 0.717) is 37.6 Å². The van der Waals surface area contributed by atoms with Crippen LogP contribution in [0, 0.1) is 5.82 Å². The van der Waals surface area contributed by atoms with E-state index in [4.69, 9.17) is 9.15 Å². The molecule has 0 saturated carbocycles. The molecular weight excluding hydrogens is 275 g/mol. The first-order valence-corrected chi connectivity index (χ1v) is 6.66. The summed E-state index contributed by atoms with van der Waals surface area (Å²) in [6, 6.07) is 9.12. The van der Waals surface area contributed by atoms with Gasteiger partial charge >= 0.3 is 6.03 Å². The monoisotopic (exact) mass is 292 g/mol. The standard InChI is InChI=1S/C15H17FN2O3/c16-12-4-6-13(7-5-12)20-10-2-8-17-15(19)18-11-14-3-1-9-21-14/h1,3-7,9H,2,8,10-11H2,(H2,17,18,19). The summed E-state index contributed by atoms with van der Waals surface area (Å²) < 4.78 is 23.2. The van der Waals surface area contributed by atoms with Crippen LogP contribution in [-0.2, 0) is 6.54 Å². The fourth-order valence-corrected chi connectivity index (χ4v) is 1.64. The van der Waals surface area contributed by atoms with Crippen molar-refractivity contribution in [2.75, 3.05) is 13.2 Å². The van der Waals surface area contributed by atoms with E-state index in [9.17, 15) is 9.18 Å². The second kappa shape index (κ2) is 7.94. The average Bonchev–Trinajstić information content (AvgIpc) is 3.00. The van der Waals surface area contributed by atoms with Crippen molar-refractivity contribution in [1.29, 1.82) is 0 Å². The van der Waals surface area contributed by atoms with Crippen molar-refractivity contribution in [2.45, 2.75) is 13.0 Å². The van der Waals surface area contributed by atoms with Gasteiger partial charge in [-0.1, -0.05) is 0 Å². The lowest BCUT2D eigenvalue weighted by atomic mass is 10.3. The molecule has 1 heterocycles. The summed E-state index contributed by atoms with van der Waals surface area (Å²) in [5.41, 5.74) is 0. The Hall–Kier alpha value is -2.50. The highest BCUT2D eigenvalue weighted by molar-refractivity contribution is 5.73. The highest BCUT2D eigenvalue weighted by Crippen LogP contribution is 2.10. The van der Waals surface area contributed by atoms with Crippen molar-refractivity contribution < 1.29 is 18.3 Å². The molecule has 2 aromatic rings. The lowest BCUT2D eigenvalue weighted by molar-refractivity contribution is 0.237. The van der Waals surface area contributed by atoms with Crippen LogP contribution in [0.2, 0.25) is 0 Å². The quantitative estimate of drug-likeness (QED) is 0.771. The molecule has 0 radical (unpaired) electrons. The number of amides is 2. The molecule has 0 aliphatic heterocycles. The molecule has 1 aromatic heterocycles. The van der Waals surface area contributed by atoms with Gasteiger partial charge in [-0.15, -0.1) is 0 Å².